The summed E-state index contributed by atoms with van der Waals surface area (Å²) in [6.07, 6.45) is 5.13. The Morgan fingerprint density at radius 3 is 2.43 bits per heavy atom. The Kier molecular flexibility index (Phi) is 7.98. The van der Waals surface area contributed by atoms with E-state index < -0.39 is 6.04 Å². The number of aliphatic hydroxyl groups is 1. The summed E-state index contributed by atoms with van der Waals surface area (Å²) in [4.78, 5) is 18.7. The van der Waals surface area contributed by atoms with Gasteiger partial charge in [0.2, 0.25) is 5.91 Å². The fraction of sp³-hybridized carbons (Fsp3) is 0.333. The number of nitrogens with one attached hydrogen (secondary N) is 1. The lowest BCUT2D eigenvalue weighted by Crippen LogP contribution is -2.37. The van der Waals surface area contributed by atoms with E-state index in [1.165, 1.54) is 16.5 Å². The summed E-state index contributed by atoms with van der Waals surface area (Å²) in [6.45, 7) is 4.02. The zero-order chi connectivity index (χ0) is 29.2. The number of aliphatic hydroxyl groups excluding tert-OH is 1. The third-order valence-electron chi connectivity index (χ3n) is 8.88. The molecule has 0 spiro atoms. The third-order valence-corrected chi connectivity index (χ3v) is 8.88. The summed E-state index contributed by atoms with van der Waals surface area (Å²) in [5.74, 6) is 0.876. The van der Waals surface area contributed by atoms with Gasteiger partial charge >= 0.3 is 0 Å². The number of benzene rings is 3. The molecule has 1 aliphatic carbocycles. The van der Waals surface area contributed by atoms with Gasteiger partial charge in [0.15, 0.2) is 0 Å². The van der Waals surface area contributed by atoms with Crippen LogP contribution in [0.1, 0.15) is 71.3 Å². The van der Waals surface area contributed by atoms with Gasteiger partial charge in [-0.15, -0.1) is 0 Å². The van der Waals surface area contributed by atoms with E-state index in [2.05, 4.69) is 59.1 Å². The molecule has 0 saturated heterocycles. The number of aryl methyl sites for hydroxylation is 2. The number of ether oxygens (including phenoxy) is 1. The maximum atomic E-state index is 13.8. The molecule has 1 saturated carbocycles. The molecule has 6 nitrogen and oxygen atoms in total. The first-order valence-electron chi connectivity index (χ1n) is 15.0. The summed E-state index contributed by atoms with van der Waals surface area (Å²) in [5, 5.41) is 14.4. The smallest absolute Gasteiger partial charge is 0.228 e. The van der Waals surface area contributed by atoms with E-state index in [9.17, 15) is 9.90 Å². The molecule has 1 aliphatic rings. The Bertz CT molecular complexity index is 1700. The third kappa shape index (κ3) is 5.39. The van der Waals surface area contributed by atoms with E-state index in [1.807, 2.05) is 43.3 Å². The molecule has 6 heteroatoms. The molecule has 216 valence electrons. The highest BCUT2D eigenvalue weighted by Crippen LogP contribution is 2.38. The van der Waals surface area contributed by atoms with E-state index in [0.717, 1.165) is 71.5 Å². The predicted octanol–water partition coefficient (Wildman–Crippen LogP) is 6.83. The lowest BCUT2D eigenvalue weighted by Gasteiger charge is -2.26. The average molecular weight is 562 g/mol. The number of amides is 1. The van der Waals surface area contributed by atoms with Crippen molar-refractivity contribution < 1.29 is 14.6 Å². The number of aromatic nitrogens is 2. The number of rotatable bonds is 9. The average Bonchev–Trinajstić information content (AvgIpc) is 3.64. The molecule has 1 fully saturated rings. The van der Waals surface area contributed by atoms with Crippen LogP contribution in [0.15, 0.2) is 78.9 Å². The van der Waals surface area contributed by atoms with Crippen LogP contribution >= 0.6 is 0 Å². The molecule has 2 aromatic heterocycles. The monoisotopic (exact) mass is 561 g/mol. The van der Waals surface area contributed by atoms with Crippen LogP contribution in [0.25, 0.3) is 16.6 Å². The number of methoxy groups -OCH3 is 1. The maximum Gasteiger partial charge on any atom is 0.228 e. The largest absolute Gasteiger partial charge is 0.497 e. The van der Waals surface area contributed by atoms with Crippen molar-refractivity contribution in [3.05, 3.63) is 113 Å². The second-order valence-electron chi connectivity index (χ2n) is 11.7. The van der Waals surface area contributed by atoms with Crippen molar-refractivity contribution >= 4 is 22.5 Å². The van der Waals surface area contributed by atoms with Gasteiger partial charge in [-0.25, -0.2) is 4.98 Å². The fourth-order valence-corrected chi connectivity index (χ4v) is 6.82. The number of carbonyl (C=O) groups excluding carboxylic acids is 1. The molecule has 0 aliphatic heterocycles. The molecule has 2 heterocycles. The molecule has 5 aromatic rings. The van der Waals surface area contributed by atoms with Crippen molar-refractivity contribution in [1.29, 1.82) is 0 Å². The Morgan fingerprint density at radius 1 is 1.00 bits per heavy atom. The van der Waals surface area contributed by atoms with Crippen LogP contribution in [-0.2, 0) is 11.2 Å². The number of hydrogen-bond acceptors (Lipinski definition) is 4. The van der Waals surface area contributed by atoms with Crippen molar-refractivity contribution in [2.75, 3.05) is 13.7 Å². The van der Waals surface area contributed by atoms with Gasteiger partial charge in [0.25, 0.3) is 0 Å². The van der Waals surface area contributed by atoms with Crippen LogP contribution < -0.4 is 10.1 Å². The van der Waals surface area contributed by atoms with Gasteiger partial charge < -0.3 is 15.2 Å². The first kappa shape index (κ1) is 28.0. The first-order chi connectivity index (χ1) is 20.5. The maximum absolute atomic E-state index is 13.8. The van der Waals surface area contributed by atoms with Crippen LogP contribution in [0, 0.1) is 19.8 Å². The molecule has 1 amide bonds. The van der Waals surface area contributed by atoms with Crippen molar-refractivity contribution in [1.82, 2.24) is 14.7 Å². The number of fused-ring (bicyclic) bond motifs is 3. The van der Waals surface area contributed by atoms with Crippen LogP contribution in [0.3, 0.4) is 0 Å². The lowest BCUT2D eigenvalue weighted by atomic mass is 9.83. The minimum absolute atomic E-state index is 0.00827. The molecule has 3 aromatic carbocycles. The van der Waals surface area contributed by atoms with Gasteiger partial charge in [0.1, 0.15) is 11.4 Å². The molecule has 6 rings (SSSR count). The van der Waals surface area contributed by atoms with Crippen molar-refractivity contribution in [2.45, 2.75) is 57.9 Å². The van der Waals surface area contributed by atoms with Crippen LogP contribution in [0.5, 0.6) is 5.75 Å². The molecule has 2 unspecified atom stereocenters. The van der Waals surface area contributed by atoms with Crippen LogP contribution in [-0.4, -0.2) is 34.1 Å². The molecule has 42 heavy (non-hydrogen) atoms. The van der Waals surface area contributed by atoms with E-state index in [4.69, 9.17) is 9.72 Å². The highest BCUT2D eigenvalue weighted by molar-refractivity contribution is 5.92. The Morgan fingerprint density at radius 2 is 1.74 bits per heavy atom. The highest BCUT2D eigenvalue weighted by atomic mass is 16.5. The number of carbonyl (C=O) groups is 1. The van der Waals surface area contributed by atoms with E-state index in [0.29, 0.717) is 5.92 Å². The number of hydrogen-bond donors (Lipinski definition) is 2. The van der Waals surface area contributed by atoms with E-state index >= 15 is 0 Å². The summed E-state index contributed by atoms with van der Waals surface area (Å²) in [5.41, 5.74) is 8.51. The summed E-state index contributed by atoms with van der Waals surface area (Å²) in [7, 11) is 1.69. The predicted molar refractivity (Wildman–Crippen MR) is 167 cm³/mol. The summed E-state index contributed by atoms with van der Waals surface area (Å²) < 4.78 is 7.76. The highest BCUT2D eigenvalue weighted by Gasteiger charge is 2.33. The van der Waals surface area contributed by atoms with Gasteiger partial charge in [-0.2, -0.15) is 0 Å². The van der Waals surface area contributed by atoms with E-state index in [1.54, 1.807) is 7.11 Å². The molecule has 0 bridgehead atoms. The van der Waals surface area contributed by atoms with Gasteiger partial charge in [-0.05, 0) is 67.5 Å². The molecule has 2 N–H and O–H groups in total. The number of nitrogens with zero attached hydrogens (tertiary/aromatic N) is 2. The Hall–Kier alpha value is -4.16. The van der Waals surface area contributed by atoms with Crippen LogP contribution in [0.4, 0.5) is 0 Å². The minimum atomic E-state index is -0.420. The van der Waals surface area contributed by atoms with Crippen LogP contribution in [0.2, 0.25) is 0 Å². The zero-order valence-corrected chi connectivity index (χ0v) is 24.6. The normalized spacial score (nSPS) is 15.2. The van der Waals surface area contributed by atoms with Gasteiger partial charge in [0, 0.05) is 34.8 Å². The summed E-state index contributed by atoms with van der Waals surface area (Å²) in [6, 6.07) is 26.2. The van der Waals surface area contributed by atoms with Gasteiger partial charge in [-0.1, -0.05) is 67.4 Å². The zero-order valence-electron chi connectivity index (χ0n) is 24.6. The van der Waals surface area contributed by atoms with Gasteiger partial charge in [0.05, 0.1) is 31.2 Å². The van der Waals surface area contributed by atoms with E-state index in [-0.39, 0.29) is 18.4 Å². The van der Waals surface area contributed by atoms with Crippen molar-refractivity contribution in [3.63, 3.8) is 0 Å². The quantitative estimate of drug-likeness (QED) is 0.207. The van der Waals surface area contributed by atoms with Gasteiger partial charge in [-0.3, -0.25) is 9.20 Å². The molecule has 2 atom stereocenters. The standard InChI is InChI=1S/C36H39N3O3/c1-23-19-24(2)39-33-21-29(42-3)17-18-30(33)31(35(39)37-23)20-25-13-15-28(16-14-25)34(27-11-7-8-12-27)36(41)38-32(22-40)26-9-5-4-6-10-26/h4-6,9-10,13-19,21,27,32,34,40H,7-8,11-12,20,22H2,1-3H3,(H,38,41). The Balaban J connectivity index is 1.31. The molecular formula is C36H39N3O3. The van der Waals surface area contributed by atoms with Crippen molar-refractivity contribution in [2.24, 2.45) is 5.92 Å². The van der Waals surface area contributed by atoms with Crippen molar-refractivity contribution in [3.8, 4) is 5.75 Å². The molecule has 0 radical (unpaired) electrons. The lowest BCUT2D eigenvalue weighted by molar-refractivity contribution is -0.124. The second-order valence-corrected chi connectivity index (χ2v) is 11.7. The first-order valence-corrected chi connectivity index (χ1v) is 15.0. The molecular weight excluding hydrogens is 522 g/mol. The Labute approximate surface area is 247 Å². The topological polar surface area (TPSA) is 75.9 Å². The second kappa shape index (κ2) is 12.0. The fourth-order valence-electron chi connectivity index (χ4n) is 6.82. The minimum Gasteiger partial charge on any atom is -0.497 e. The summed E-state index contributed by atoms with van der Waals surface area (Å²) >= 11 is 0. The SMILES string of the molecule is COc1ccc2c(Cc3ccc(C(C(=O)NC(CO)c4ccccc4)C4CCCC4)cc3)c3nc(C)cc(C)n3c2c1.